The van der Waals surface area contributed by atoms with E-state index in [2.05, 4.69) is 22.2 Å². The van der Waals surface area contributed by atoms with Crippen LogP contribution in [0, 0.1) is 11.6 Å². The maximum Gasteiger partial charge on any atom is 0.227 e. The lowest BCUT2D eigenvalue weighted by atomic mass is 10.1. The van der Waals surface area contributed by atoms with E-state index in [1.807, 2.05) is 25.1 Å². The van der Waals surface area contributed by atoms with Gasteiger partial charge in [-0.2, -0.15) is 0 Å². The van der Waals surface area contributed by atoms with E-state index in [4.69, 9.17) is 9.47 Å². The van der Waals surface area contributed by atoms with E-state index in [9.17, 15) is 8.78 Å². The van der Waals surface area contributed by atoms with Gasteiger partial charge >= 0.3 is 0 Å². The topological polar surface area (TPSA) is 56.3 Å². The molecule has 2 heterocycles. The zero-order valence-electron chi connectivity index (χ0n) is 16.2. The highest BCUT2D eigenvalue weighted by molar-refractivity contribution is 5.69. The summed E-state index contributed by atoms with van der Waals surface area (Å²) in [5.74, 6) is 0.0821. The molecule has 0 saturated heterocycles. The summed E-state index contributed by atoms with van der Waals surface area (Å²) in [6, 6.07) is 9.76. The lowest BCUT2D eigenvalue weighted by Gasteiger charge is -2.19. The number of hydrogen-bond acceptors (Lipinski definition) is 5. The zero-order chi connectivity index (χ0) is 20.4. The second kappa shape index (κ2) is 8.03. The number of nitrogens with one attached hydrogen (secondary N) is 1. The molecule has 0 fully saturated rings. The van der Waals surface area contributed by atoms with Crippen LogP contribution in [0.2, 0.25) is 0 Å². The molecular formula is C22H21F2N3O2. The first-order valence-corrected chi connectivity index (χ1v) is 9.54. The van der Waals surface area contributed by atoms with Crippen LogP contribution in [0.5, 0.6) is 11.5 Å². The number of fused-ring (bicyclic) bond motifs is 6. The highest BCUT2D eigenvalue weighted by Gasteiger charge is 2.17. The van der Waals surface area contributed by atoms with E-state index >= 15 is 0 Å². The number of hydrogen-bond donors (Lipinski definition) is 1. The second-order valence-corrected chi connectivity index (χ2v) is 6.94. The summed E-state index contributed by atoms with van der Waals surface area (Å²) in [7, 11) is 0. The van der Waals surface area contributed by atoms with Gasteiger partial charge in [0.2, 0.25) is 5.95 Å². The normalized spacial score (nSPS) is 15.9. The summed E-state index contributed by atoms with van der Waals surface area (Å²) in [4.78, 5) is 8.35. The molecule has 0 spiro atoms. The lowest BCUT2D eigenvalue weighted by molar-refractivity contribution is 0.177. The molecule has 0 saturated carbocycles. The van der Waals surface area contributed by atoms with Gasteiger partial charge in [0.25, 0.3) is 0 Å². The largest absolute Gasteiger partial charge is 0.493 e. The molecule has 1 aliphatic heterocycles. The molecule has 0 radical (unpaired) electrons. The molecule has 1 atom stereocenters. The molecule has 5 nitrogen and oxygen atoms in total. The molecule has 2 aromatic carbocycles. The number of anilines is 2. The van der Waals surface area contributed by atoms with E-state index in [1.165, 1.54) is 18.2 Å². The van der Waals surface area contributed by atoms with E-state index in [0.29, 0.717) is 17.7 Å². The Balaban J connectivity index is 1.83. The van der Waals surface area contributed by atoms with Gasteiger partial charge in [-0.15, -0.1) is 0 Å². The highest BCUT2D eigenvalue weighted by atomic mass is 19.1. The first-order chi connectivity index (χ1) is 14.0. The molecule has 1 aliphatic rings. The molecule has 1 aromatic heterocycles. The summed E-state index contributed by atoms with van der Waals surface area (Å²) in [5.41, 5.74) is 2.24. The van der Waals surface area contributed by atoms with Crippen LogP contribution in [0.25, 0.3) is 11.3 Å². The Morgan fingerprint density at radius 2 is 2.03 bits per heavy atom. The maximum atomic E-state index is 14.5. The van der Waals surface area contributed by atoms with E-state index < -0.39 is 11.6 Å². The Morgan fingerprint density at radius 3 is 2.86 bits per heavy atom. The van der Waals surface area contributed by atoms with E-state index in [-0.39, 0.29) is 30.1 Å². The molecule has 150 valence electrons. The van der Waals surface area contributed by atoms with Crippen molar-refractivity contribution in [2.45, 2.75) is 32.8 Å². The van der Waals surface area contributed by atoms with Crippen molar-refractivity contribution in [1.29, 1.82) is 0 Å². The predicted octanol–water partition coefficient (Wildman–Crippen LogP) is 5.28. The smallest absolute Gasteiger partial charge is 0.227 e. The van der Waals surface area contributed by atoms with Gasteiger partial charge in [0.05, 0.1) is 18.9 Å². The SMILES string of the molecule is CCc1cc2cc(c1)O[C@@H](C)CCOc1cc(F)ccc1-c1nc(ncc1F)N2. The van der Waals surface area contributed by atoms with Crippen molar-refractivity contribution >= 4 is 11.6 Å². The van der Waals surface area contributed by atoms with Crippen LogP contribution in [0.15, 0.2) is 42.6 Å². The molecule has 0 aliphatic carbocycles. The van der Waals surface area contributed by atoms with Gasteiger partial charge in [0, 0.05) is 29.8 Å². The van der Waals surface area contributed by atoms with Gasteiger partial charge in [-0.1, -0.05) is 6.92 Å². The minimum atomic E-state index is -0.612. The number of nitrogens with zero attached hydrogens (tertiary/aromatic N) is 2. The monoisotopic (exact) mass is 397 g/mol. The minimum absolute atomic E-state index is 0.0470. The molecule has 29 heavy (non-hydrogen) atoms. The molecule has 4 rings (SSSR count). The Labute approximate surface area is 167 Å². The van der Waals surface area contributed by atoms with Gasteiger partial charge in [0.1, 0.15) is 23.0 Å². The Kier molecular flexibility index (Phi) is 5.29. The fourth-order valence-corrected chi connectivity index (χ4v) is 3.19. The fourth-order valence-electron chi connectivity index (χ4n) is 3.19. The predicted molar refractivity (Wildman–Crippen MR) is 107 cm³/mol. The first-order valence-electron chi connectivity index (χ1n) is 9.54. The molecule has 4 bridgehead atoms. The number of aryl methyl sites for hydroxylation is 1. The van der Waals surface area contributed by atoms with Crippen LogP contribution < -0.4 is 14.8 Å². The van der Waals surface area contributed by atoms with Gasteiger partial charge in [-0.05, 0) is 43.2 Å². The van der Waals surface area contributed by atoms with Crippen LogP contribution in [0.4, 0.5) is 20.4 Å². The van der Waals surface area contributed by atoms with Gasteiger partial charge in [0.15, 0.2) is 5.82 Å². The number of aromatic nitrogens is 2. The number of ether oxygens (including phenoxy) is 2. The summed E-state index contributed by atoms with van der Waals surface area (Å²) in [5, 5.41) is 3.11. The molecule has 0 unspecified atom stereocenters. The van der Waals surface area contributed by atoms with Crippen molar-refractivity contribution in [1.82, 2.24) is 9.97 Å². The average Bonchev–Trinajstić information content (AvgIpc) is 2.69. The van der Waals surface area contributed by atoms with Gasteiger partial charge < -0.3 is 14.8 Å². The van der Waals surface area contributed by atoms with Crippen LogP contribution in [0.3, 0.4) is 0 Å². The Bertz CT molecular complexity index is 1040. The Morgan fingerprint density at radius 1 is 1.17 bits per heavy atom. The van der Waals surface area contributed by atoms with E-state index in [1.54, 1.807) is 0 Å². The molecule has 0 amide bonds. The van der Waals surface area contributed by atoms with Crippen molar-refractivity contribution in [3.05, 3.63) is 59.8 Å². The van der Waals surface area contributed by atoms with Crippen molar-refractivity contribution < 1.29 is 18.3 Å². The van der Waals surface area contributed by atoms with Crippen LogP contribution >= 0.6 is 0 Å². The standard InChI is InChI=1S/C22H21F2N3O2/c1-3-14-8-16-11-17(9-14)29-13(2)6-7-28-20-10-15(23)4-5-18(20)21-19(24)12-25-22(26-16)27-21/h4-5,8-13H,3,6-7H2,1-2H3,(H,25,26,27)/t13-/m0/s1. The van der Waals surface area contributed by atoms with Crippen LogP contribution in [-0.2, 0) is 6.42 Å². The van der Waals surface area contributed by atoms with Crippen molar-refractivity contribution in [3.63, 3.8) is 0 Å². The summed E-state index contributed by atoms with van der Waals surface area (Å²) in [6.07, 6.45) is 2.37. The first kappa shape index (κ1) is 19.1. The fraction of sp³-hybridized carbons (Fsp3) is 0.273. The summed E-state index contributed by atoms with van der Waals surface area (Å²) in [6.45, 7) is 4.29. The summed E-state index contributed by atoms with van der Waals surface area (Å²) >= 11 is 0. The third-order valence-corrected chi connectivity index (χ3v) is 4.69. The molecule has 1 N–H and O–H groups in total. The molecule has 3 aromatic rings. The number of rotatable bonds is 1. The van der Waals surface area contributed by atoms with Crippen LogP contribution in [0.1, 0.15) is 25.8 Å². The Hall–Kier alpha value is -3.22. The second-order valence-electron chi connectivity index (χ2n) is 6.94. The summed E-state index contributed by atoms with van der Waals surface area (Å²) < 4.78 is 40.1. The molecule has 7 heteroatoms. The lowest BCUT2D eigenvalue weighted by Crippen LogP contribution is -2.16. The maximum absolute atomic E-state index is 14.5. The van der Waals surface area contributed by atoms with Crippen molar-refractivity contribution in [3.8, 4) is 22.8 Å². The average molecular weight is 397 g/mol. The van der Waals surface area contributed by atoms with Gasteiger partial charge in [-0.3, -0.25) is 0 Å². The molecular weight excluding hydrogens is 376 g/mol. The minimum Gasteiger partial charge on any atom is -0.493 e. The van der Waals surface area contributed by atoms with E-state index in [0.717, 1.165) is 23.9 Å². The zero-order valence-corrected chi connectivity index (χ0v) is 16.2. The quantitative estimate of drug-likeness (QED) is 0.606. The number of benzene rings is 2. The highest BCUT2D eigenvalue weighted by Crippen LogP contribution is 2.33. The van der Waals surface area contributed by atoms with Crippen molar-refractivity contribution in [2.75, 3.05) is 11.9 Å². The van der Waals surface area contributed by atoms with Crippen molar-refractivity contribution in [2.24, 2.45) is 0 Å². The third kappa shape index (κ3) is 4.29. The van der Waals surface area contributed by atoms with Crippen LogP contribution in [-0.4, -0.2) is 22.7 Å². The third-order valence-electron chi connectivity index (χ3n) is 4.69. The number of halogens is 2. The van der Waals surface area contributed by atoms with Gasteiger partial charge in [-0.25, -0.2) is 18.7 Å².